The number of carbonyl (C=O) groups excluding carboxylic acids is 3. The molecule has 6 nitrogen and oxygen atoms in total. The minimum absolute atomic E-state index is 0.234. The lowest BCUT2D eigenvalue weighted by molar-refractivity contribution is -0.136. The maximum atomic E-state index is 13.3. The predicted molar refractivity (Wildman–Crippen MR) is 103 cm³/mol. The van der Waals surface area contributed by atoms with Crippen LogP contribution in [0.25, 0.3) is 0 Å². The van der Waals surface area contributed by atoms with E-state index in [0.717, 1.165) is 17.0 Å². The number of piperidine rings is 1. The highest BCUT2D eigenvalue weighted by Gasteiger charge is 2.42. The van der Waals surface area contributed by atoms with Gasteiger partial charge in [-0.2, -0.15) is 0 Å². The second-order valence-corrected chi connectivity index (χ2v) is 7.42. The van der Waals surface area contributed by atoms with Crippen LogP contribution in [0.4, 0.5) is 8.78 Å². The van der Waals surface area contributed by atoms with Crippen LogP contribution in [0.2, 0.25) is 0 Å². The van der Waals surface area contributed by atoms with Crippen LogP contribution in [-0.4, -0.2) is 52.8 Å². The van der Waals surface area contributed by atoms with E-state index in [2.05, 4.69) is 0 Å². The monoisotopic (exact) mass is 414 g/mol. The van der Waals surface area contributed by atoms with Gasteiger partial charge >= 0.3 is 0 Å². The fourth-order valence-corrected chi connectivity index (χ4v) is 3.87. The summed E-state index contributed by atoms with van der Waals surface area (Å²) in [5.41, 5.74) is 0.613. The van der Waals surface area contributed by atoms with Crippen molar-refractivity contribution in [1.29, 1.82) is 0 Å². The summed E-state index contributed by atoms with van der Waals surface area (Å²) in [7, 11) is 0. The number of imide groups is 1. The van der Waals surface area contributed by atoms with E-state index in [0.29, 0.717) is 37.1 Å². The molecule has 8 heteroatoms. The van der Waals surface area contributed by atoms with E-state index in [-0.39, 0.29) is 17.8 Å². The Morgan fingerprint density at radius 3 is 2.17 bits per heavy atom. The number of likely N-dealkylation sites (tertiary alicyclic amines) is 1. The lowest BCUT2D eigenvalue weighted by Gasteiger charge is -2.35. The van der Waals surface area contributed by atoms with Crippen molar-refractivity contribution in [2.45, 2.75) is 31.9 Å². The quantitative estimate of drug-likeness (QED) is 0.722. The third-order valence-corrected chi connectivity index (χ3v) is 5.52. The number of hydrogen-bond acceptors (Lipinski definition) is 4. The molecule has 2 heterocycles. The Bertz CT molecular complexity index is 983. The van der Waals surface area contributed by atoms with Gasteiger partial charge in [0.2, 0.25) is 5.91 Å². The number of nitrogens with zero attached hydrogens (tertiary/aromatic N) is 2. The van der Waals surface area contributed by atoms with Crippen LogP contribution in [0.3, 0.4) is 0 Å². The van der Waals surface area contributed by atoms with E-state index in [1.165, 1.54) is 6.07 Å². The third kappa shape index (κ3) is 3.53. The highest BCUT2D eigenvalue weighted by molar-refractivity contribution is 6.22. The van der Waals surface area contributed by atoms with E-state index >= 15 is 0 Å². The number of fused-ring (bicyclic) bond motifs is 1. The Kier molecular flexibility index (Phi) is 5.24. The molecule has 1 fully saturated rings. The molecule has 30 heavy (non-hydrogen) atoms. The molecule has 0 saturated carbocycles. The smallest absolute Gasteiger partial charge is 0.262 e. The highest BCUT2D eigenvalue weighted by Crippen LogP contribution is 2.26. The van der Waals surface area contributed by atoms with Crippen molar-refractivity contribution < 1.29 is 27.9 Å². The van der Waals surface area contributed by atoms with Crippen molar-refractivity contribution in [3.8, 4) is 5.75 Å². The summed E-state index contributed by atoms with van der Waals surface area (Å²) < 4.78 is 32.1. The molecule has 2 aliphatic rings. The van der Waals surface area contributed by atoms with Crippen LogP contribution in [0.1, 0.15) is 40.5 Å². The first-order valence-corrected chi connectivity index (χ1v) is 9.74. The zero-order valence-electron chi connectivity index (χ0n) is 16.3. The molecule has 4 rings (SSSR count). The van der Waals surface area contributed by atoms with E-state index in [1.807, 2.05) is 0 Å². The van der Waals surface area contributed by atoms with Crippen LogP contribution in [0.15, 0.2) is 42.5 Å². The summed E-state index contributed by atoms with van der Waals surface area (Å²) >= 11 is 0. The van der Waals surface area contributed by atoms with Gasteiger partial charge in [0.25, 0.3) is 11.8 Å². The maximum Gasteiger partial charge on any atom is 0.262 e. The maximum absolute atomic E-state index is 13.3. The second kappa shape index (κ2) is 7.85. The molecule has 0 radical (unpaired) electrons. The zero-order valence-corrected chi connectivity index (χ0v) is 16.3. The van der Waals surface area contributed by atoms with Crippen molar-refractivity contribution in [2.75, 3.05) is 13.1 Å². The second-order valence-electron chi connectivity index (χ2n) is 7.42. The molecular formula is C22H20F2N2O4. The molecule has 1 unspecified atom stereocenters. The van der Waals surface area contributed by atoms with Gasteiger partial charge in [0, 0.05) is 32.0 Å². The lowest BCUT2D eigenvalue weighted by Crippen LogP contribution is -2.52. The van der Waals surface area contributed by atoms with Gasteiger partial charge in [-0.15, -0.1) is 0 Å². The van der Waals surface area contributed by atoms with Gasteiger partial charge in [0.1, 0.15) is 17.9 Å². The largest absolute Gasteiger partial charge is 0.490 e. The van der Waals surface area contributed by atoms with Crippen LogP contribution < -0.4 is 4.74 Å². The van der Waals surface area contributed by atoms with E-state index in [4.69, 9.17) is 4.74 Å². The summed E-state index contributed by atoms with van der Waals surface area (Å²) in [6.07, 6.45) is 0.757. The number of ether oxygens (including phenoxy) is 1. The van der Waals surface area contributed by atoms with E-state index in [9.17, 15) is 23.2 Å². The predicted octanol–water partition coefficient (Wildman–Crippen LogP) is 3.02. The number of carbonyl (C=O) groups is 3. The number of halogens is 2. The van der Waals surface area contributed by atoms with E-state index in [1.54, 1.807) is 36.1 Å². The Morgan fingerprint density at radius 2 is 1.60 bits per heavy atom. The SMILES string of the molecule is CC(C(=O)N1CCC(Oc2ccc(F)c(F)c2)CC1)N1C(=O)c2ccccc2C1=O. The minimum atomic E-state index is -0.977. The van der Waals surface area contributed by atoms with Crippen LogP contribution >= 0.6 is 0 Å². The van der Waals surface area contributed by atoms with Crippen molar-refractivity contribution in [2.24, 2.45) is 0 Å². The molecule has 0 aliphatic carbocycles. The Hall–Kier alpha value is -3.29. The van der Waals surface area contributed by atoms with Crippen molar-refractivity contribution in [1.82, 2.24) is 9.80 Å². The van der Waals surface area contributed by atoms with E-state index < -0.39 is 29.5 Å². The Morgan fingerprint density at radius 1 is 1.00 bits per heavy atom. The topological polar surface area (TPSA) is 66.9 Å². The summed E-state index contributed by atoms with van der Waals surface area (Å²) in [5.74, 6) is -2.92. The summed E-state index contributed by atoms with van der Waals surface area (Å²) in [4.78, 5) is 40.7. The van der Waals surface area contributed by atoms with Gasteiger partial charge in [-0.05, 0) is 31.2 Å². The standard InChI is InChI=1S/C22H20F2N2O4/c1-13(26-21(28)16-4-2-3-5-17(16)22(26)29)20(27)25-10-8-14(9-11-25)30-15-6-7-18(23)19(24)12-15/h2-7,12-14H,8-11H2,1H3. The normalized spacial score (nSPS) is 17.8. The zero-order chi connectivity index (χ0) is 21.4. The number of benzene rings is 2. The van der Waals surface area contributed by atoms with Gasteiger partial charge in [-0.25, -0.2) is 8.78 Å². The van der Waals surface area contributed by atoms with Crippen LogP contribution in [-0.2, 0) is 4.79 Å². The fraction of sp³-hybridized carbons (Fsp3) is 0.318. The van der Waals surface area contributed by atoms with Gasteiger partial charge in [-0.1, -0.05) is 12.1 Å². The molecule has 0 N–H and O–H groups in total. The van der Waals surface area contributed by atoms with Gasteiger partial charge in [0.05, 0.1) is 11.1 Å². The van der Waals surface area contributed by atoms with Gasteiger partial charge < -0.3 is 9.64 Å². The molecule has 1 atom stereocenters. The average Bonchev–Trinajstić information content (AvgIpc) is 3.01. The minimum Gasteiger partial charge on any atom is -0.490 e. The van der Waals surface area contributed by atoms with Gasteiger partial charge in [0.15, 0.2) is 11.6 Å². The summed E-state index contributed by atoms with van der Waals surface area (Å²) in [6.45, 7) is 2.30. The van der Waals surface area contributed by atoms with Crippen molar-refractivity contribution in [3.05, 3.63) is 65.2 Å². The first-order chi connectivity index (χ1) is 14.4. The van der Waals surface area contributed by atoms with Crippen molar-refractivity contribution in [3.63, 3.8) is 0 Å². The Balaban J connectivity index is 1.37. The number of rotatable bonds is 4. The molecule has 3 amide bonds. The number of amides is 3. The average molecular weight is 414 g/mol. The fourth-order valence-electron chi connectivity index (χ4n) is 3.87. The third-order valence-electron chi connectivity index (χ3n) is 5.52. The molecule has 0 spiro atoms. The lowest BCUT2D eigenvalue weighted by atomic mass is 10.1. The molecule has 0 bridgehead atoms. The summed E-state index contributed by atoms with van der Waals surface area (Å²) in [5, 5.41) is 0. The van der Waals surface area contributed by atoms with Gasteiger partial charge in [-0.3, -0.25) is 19.3 Å². The van der Waals surface area contributed by atoms with Crippen LogP contribution in [0.5, 0.6) is 5.75 Å². The van der Waals surface area contributed by atoms with Crippen molar-refractivity contribution >= 4 is 17.7 Å². The Labute approximate surface area is 172 Å². The first-order valence-electron chi connectivity index (χ1n) is 9.74. The number of hydrogen-bond donors (Lipinski definition) is 0. The molecular weight excluding hydrogens is 394 g/mol. The summed E-state index contributed by atoms with van der Waals surface area (Å²) in [6, 6.07) is 8.96. The molecule has 1 saturated heterocycles. The molecule has 156 valence electrons. The molecule has 2 aliphatic heterocycles. The highest BCUT2D eigenvalue weighted by atomic mass is 19.2. The molecule has 2 aromatic rings. The molecule has 2 aromatic carbocycles. The van der Waals surface area contributed by atoms with Crippen LogP contribution in [0, 0.1) is 11.6 Å². The first kappa shape index (κ1) is 20.0. The molecule has 0 aromatic heterocycles.